The van der Waals surface area contributed by atoms with Crippen molar-refractivity contribution in [2.45, 2.75) is 51.9 Å². The Bertz CT molecular complexity index is 182. The molecule has 88 valence electrons. The van der Waals surface area contributed by atoms with Crippen molar-refractivity contribution in [3.63, 3.8) is 0 Å². The maximum Gasteiger partial charge on any atom is 0.0596 e. The zero-order chi connectivity index (χ0) is 10.9. The first-order valence-corrected chi connectivity index (χ1v) is 6.29. The van der Waals surface area contributed by atoms with Crippen molar-refractivity contribution in [2.24, 2.45) is 5.16 Å². The van der Waals surface area contributed by atoms with Crippen LogP contribution in [0.5, 0.6) is 0 Å². The fourth-order valence-electron chi connectivity index (χ4n) is 2.07. The van der Waals surface area contributed by atoms with Crippen molar-refractivity contribution < 1.29 is 5.21 Å². The van der Waals surface area contributed by atoms with Crippen molar-refractivity contribution in [1.29, 1.82) is 0 Å². The first-order chi connectivity index (χ1) is 7.36. The van der Waals surface area contributed by atoms with Crippen molar-refractivity contribution in [3.05, 3.63) is 0 Å². The van der Waals surface area contributed by atoms with Crippen LogP contribution >= 0.6 is 0 Å². The molecule has 1 N–H and O–H groups in total. The molecule has 0 radical (unpaired) electrons. The number of rotatable bonds is 6. The number of likely N-dealkylation sites (tertiary alicyclic amines) is 1. The summed E-state index contributed by atoms with van der Waals surface area (Å²) in [5.41, 5.74) is 0.970. The summed E-state index contributed by atoms with van der Waals surface area (Å²) in [4.78, 5) is 2.49. The molecule has 0 aliphatic carbocycles. The quantitative estimate of drug-likeness (QED) is 0.417. The van der Waals surface area contributed by atoms with E-state index in [0.717, 1.165) is 31.6 Å². The number of piperidine rings is 1. The average Bonchev–Trinajstić information content (AvgIpc) is 2.30. The van der Waals surface area contributed by atoms with Crippen molar-refractivity contribution >= 4 is 5.71 Å². The maximum atomic E-state index is 8.62. The van der Waals surface area contributed by atoms with Gasteiger partial charge in [-0.2, -0.15) is 0 Å². The number of unbranched alkanes of at least 4 members (excludes halogenated alkanes) is 4. The molecule has 0 saturated carbocycles. The van der Waals surface area contributed by atoms with Crippen LogP contribution in [0.15, 0.2) is 5.16 Å². The molecule has 1 aliphatic heterocycles. The van der Waals surface area contributed by atoms with Crippen LogP contribution in [-0.2, 0) is 0 Å². The summed E-state index contributed by atoms with van der Waals surface area (Å²) < 4.78 is 0. The summed E-state index contributed by atoms with van der Waals surface area (Å²) in [5.74, 6) is 0. The molecule has 1 fully saturated rings. The largest absolute Gasteiger partial charge is 0.411 e. The van der Waals surface area contributed by atoms with E-state index in [0.29, 0.717) is 0 Å². The third kappa shape index (κ3) is 5.17. The van der Waals surface area contributed by atoms with E-state index in [2.05, 4.69) is 17.0 Å². The predicted octanol–water partition coefficient (Wildman–Crippen LogP) is 2.88. The van der Waals surface area contributed by atoms with Gasteiger partial charge in [-0.25, -0.2) is 0 Å². The van der Waals surface area contributed by atoms with Gasteiger partial charge in [0.2, 0.25) is 0 Å². The molecule has 0 aromatic heterocycles. The van der Waals surface area contributed by atoms with E-state index in [1.165, 1.54) is 38.6 Å². The molecule has 1 aliphatic rings. The molecule has 3 nitrogen and oxygen atoms in total. The molecule has 0 aromatic carbocycles. The maximum absolute atomic E-state index is 8.62. The highest BCUT2D eigenvalue weighted by atomic mass is 16.4. The van der Waals surface area contributed by atoms with Crippen LogP contribution in [0.2, 0.25) is 0 Å². The molecular weight excluding hydrogens is 188 g/mol. The third-order valence-corrected chi connectivity index (χ3v) is 3.15. The third-order valence-electron chi connectivity index (χ3n) is 3.15. The van der Waals surface area contributed by atoms with Crippen LogP contribution in [0, 0.1) is 0 Å². The highest BCUT2D eigenvalue weighted by Crippen LogP contribution is 2.09. The summed E-state index contributed by atoms with van der Waals surface area (Å²) in [6.45, 7) is 5.63. The van der Waals surface area contributed by atoms with Crippen LogP contribution < -0.4 is 0 Å². The fourth-order valence-corrected chi connectivity index (χ4v) is 2.07. The average molecular weight is 212 g/mol. The summed E-state index contributed by atoms with van der Waals surface area (Å²) in [6.07, 6.45) is 8.67. The Hall–Kier alpha value is -0.570. The number of hydrogen-bond acceptors (Lipinski definition) is 3. The van der Waals surface area contributed by atoms with E-state index in [9.17, 15) is 0 Å². The highest BCUT2D eigenvalue weighted by Gasteiger charge is 2.14. The van der Waals surface area contributed by atoms with Gasteiger partial charge in [-0.15, -0.1) is 0 Å². The minimum Gasteiger partial charge on any atom is -0.411 e. The van der Waals surface area contributed by atoms with Crippen molar-refractivity contribution in [3.8, 4) is 0 Å². The van der Waals surface area contributed by atoms with Gasteiger partial charge in [-0.05, 0) is 13.0 Å². The standard InChI is InChI=1S/C12H24N2O/c1-2-3-4-5-6-9-14-10-7-12(13-15)8-11-14/h15H,2-11H2,1H3. The Morgan fingerprint density at radius 1 is 1.13 bits per heavy atom. The number of oxime groups is 1. The Labute approximate surface area is 93.2 Å². The molecule has 0 spiro atoms. The molecule has 15 heavy (non-hydrogen) atoms. The van der Waals surface area contributed by atoms with Gasteiger partial charge in [-0.3, -0.25) is 0 Å². The van der Waals surface area contributed by atoms with Gasteiger partial charge >= 0.3 is 0 Å². The summed E-state index contributed by atoms with van der Waals surface area (Å²) in [6, 6.07) is 0. The SMILES string of the molecule is CCCCCCCN1CCC(=NO)CC1. The summed E-state index contributed by atoms with van der Waals surface area (Å²) >= 11 is 0. The van der Waals surface area contributed by atoms with Gasteiger partial charge in [0.15, 0.2) is 0 Å². The Morgan fingerprint density at radius 3 is 2.40 bits per heavy atom. The lowest BCUT2D eigenvalue weighted by molar-refractivity contribution is 0.258. The van der Waals surface area contributed by atoms with Gasteiger partial charge in [0.25, 0.3) is 0 Å². The molecule has 0 aromatic rings. The molecule has 1 heterocycles. The lowest BCUT2D eigenvalue weighted by Crippen LogP contribution is -2.34. The molecule has 0 unspecified atom stereocenters. The van der Waals surface area contributed by atoms with E-state index >= 15 is 0 Å². The molecule has 3 heteroatoms. The minimum atomic E-state index is 0.950. The Kier molecular flexibility index (Phi) is 6.41. The first kappa shape index (κ1) is 12.5. The first-order valence-electron chi connectivity index (χ1n) is 6.29. The van der Waals surface area contributed by atoms with Gasteiger partial charge < -0.3 is 10.1 Å². The van der Waals surface area contributed by atoms with Crippen LogP contribution in [0.1, 0.15) is 51.9 Å². The molecular formula is C12H24N2O. The van der Waals surface area contributed by atoms with Gasteiger partial charge in [0, 0.05) is 25.9 Å². The van der Waals surface area contributed by atoms with Gasteiger partial charge in [-0.1, -0.05) is 37.8 Å². The molecule has 0 bridgehead atoms. The zero-order valence-electron chi connectivity index (χ0n) is 9.91. The minimum absolute atomic E-state index is 0.950. The monoisotopic (exact) mass is 212 g/mol. The van der Waals surface area contributed by atoms with E-state index in [1.807, 2.05) is 0 Å². The van der Waals surface area contributed by atoms with E-state index in [4.69, 9.17) is 5.21 Å². The smallest absolute Gasteiger partial charge is 0.0596 e. The van der Waals surface area contributed by atoms with Crippen LogP contribution in [-0.4, -0.2) is 35.5 Å². The second kappa shape index (κ2) is 7.69. The molecule has 1 saturated heterocycles. The van der Waals surface area contributed by atoms with Gasteiger partial charge in [0.1, 0.15) is 0 Å². The summed E-state index contributed by atoms with van der Waals surface area (Å²) in [7, 11) is 0. The second-order valence-electron chi connectivity index (χ2n) is 4.42. The lowest BCUT2D eigenvalue weighted by Gasteiger charge is -2.26. The van der Waals surface area contributed by atoms with Gasteiger partial charge in [0.05, 0.1) is 5.71 Å². The fraction of sp³-hybridized carbons (Fsp3) is 0.917. The second-order valence-corrected chi connectivity index (χ2v) is 4.42. The Morgan fingerprint density at radius 2 is 1.80 bits per heavy atom. The van der Waals surface area contributed by atoms with Crippen molar-refractivity contribution in [2.75, 3.05) is 19.6 Å². The van der Waals surface area contributed by atoms with Crippen LogP contribution in [0.25, 0.3) is 0 Å². The lowest BCUT2D eigenvalue weighted by atomic mass is 10.1. The zero-order valence-corrected chi connectivity index (χ0v) is 9.91. The predicted molar refractivity (Wildman–Crippen MR) is 63.7 cm³/mol. The normalized spacial score (nSPS) is 18.1. The topological polar surface area (TPSA) is 35.8 Å². The number of nitrogens with zero attached hydrogens (tertiary/aromatic N) is 2. The Balaban J connectivity index is 1.99. The van der Waals surface area contributed by atoms with E-state index in [-0.39, 0.29) is 0 Å². The molecule has 0 atom stereocenters. The van der Waals surface area contributed by atoms with Crippen molar-refractivity contribution in [1.82, 2.24) is 4.90 Å². The highest BCUT2D eigenvalue weighted by molar-refractivity contribution is 5.84. The van der Waals surface area contributed by atoms with E-state index < -0.39 is 0 Å². The van der Waals surface area contributed by atoms with Crippen LogP contribution in [0.3, 0.4) is 0 Å². The van der Waals surface area contributed by atoms with E-state index in [1.54, 1.807) is 0 Å². The molecule has 0 amide bonds. The molecule has 1 rings (SSSR count). The number of hydrogen-bond donors (Lipinski definition) is 1. The summed E-state index contributed by atoms with van der Waals surface area (Å²) in [5, 5.41) is 11.9. The van der Waals surface area contributed by atoms with Crippen LogP contribution in [0.4, 0.5) is 0 Å².